The highest BCUT2D eigenvalue weighted by Crippen LogP contribution is 2.26. The summed E-state index contributed by atoms with van der Waals surface area (Å²) >= 11 is 3.15. The highest BCUT2D eigenvalue weighted by Gasteiger charge is 2.32. The van der Waals surface area contributed by atoms with Gasteiger partial charge in [-0.05, 0) is 55.3 Å². The number of sulfonamides is 1. The molecule has 0 bridgehead atoms. The summed E-state index contributed by atoms with van der Waals surface area (Å²) in [5.41, 5.74) is 0.0876. The number of carbonyl (C=O) groups excluding carboxylic acids is 1. The molecule has 27 heavy (non-hydrogen) atoms. The number of rotatable bonds is 4. The van der Waals surface area contributed by atoms with Gasteiger partial charge in [0.25, 0.3) is 0 Å². The van der Waals surface area contributed by atoms with Crippen LogP contribution in [-0.4, -0.2) is 31.7 Å². The van der Waals surface area contributed by atoms with E-state index in [1.807, 2.05) is 0 Å². The Bertz CT molecular complexity index is 944. The minimum Gasteiger partial charge on any atom is -0.323 e. The molecule has 0 unspecified atom stereocenters. The molecule has 0 spiro atoms. The van der Waals surface area contributed by atoms with Gasteiger partial charge in [0.15, 0.2) is 0 Å². The van der Waals surface area contributed by atoms with Crippen LogP contribution < -0.4 is 5.32 Å². The van der Waals surface area contributed by atoms with Crippen LogP contribution in [0, 0.1) is 17.6 Å². The number of hydrogen-bond donors (Lipinski definition) is 1. The van der Waals surface area contributed by atoms with E-state index in [0.717, 1.165) is 12.1 Å². The largest absolute Gasteiger partial charge is 0.323 e. The molecule has 2 aromatic carbocycles. The maximum Gasteiger partial charge on any atom is 0.243 e. The lowest BCUT2D eigenvalue weighted by Crippen LogP contribution is -2.41. The quantitative estimate of drug-likeness (QED) is 0.758. The minimum absolute atomic E-state index is 0.0173. The van der Waals surface area contributed by atoms with E-state index in [2.05, 4.69) is 21.2 Å². The summed E-state index contributed by atoms with van der Waals surface area (Å²) in [4.78, 5) is 12.4. The smallest absolute Gasteiger partial charge is 0.243 e. The topological polar surface area (TPSA) is 66.5 Å². The number of amides is 1. The van der Waals surface area contributed by atoms with Gasteiger partial charge in [-0.3, -0.25) is 4.79 Å². The fourth-order valence-electron chi connectivity index (χ4n) is 2.94. The van der Waals surface area contributed by atoms with Crippen LogP contribution in [0.25, 0.3) is 0 Å². The summed E-state index contributed by atoms with van der Waals surface area (Å²) < 4.78 is 53.9. The first-order chi connectivity index (χ1) is 12.8. The summed E-state index contributed by atoms with van der Waals surface area (Å²) in [6.45, 7) is 0.335. The molecule has 0 aromatic heterocycles. The SMILES string of the molecule is O=C(Nc1ccc(Br)cc1F)C1CCN(S(=O)(=O)c2ccc(F)cc2)CC1. The van der Waals surface area contributed by atoms with Gasteiger partial charge in [0.05, 0.1) is 10.6 Å². The fourth-order valence-corrected chi connectivity index (χ4v) is 4.74. The summed E-state index contributed by atoms with van der Waals surface area (Å²) in [7, 11) is -3.73. The van der Waals surface area contributed by atoms with Gasteiger partial charge in [-0.15, -0.1) is 0 Å². The predicted octanol–water partition coefficient (Wildman–Crippen LogP) is 3.77. The molecule has 1 saturated heterocycles. The molecule has 1 heterocycles. The molecule has 144 valence electrons. The van der Waals surface area contributed by atoms with Crippen LogP contribution in [0.4, 0.5) is 14.5 Å². The van der Waals surface area contributed by atoms with E-state index in [9.17, 15) is 22.0 Å². The third kappa shape index (κ3) is 4.53. The van der Waals surface area contributed by atoms with Crippen molar-refractivity contribution in [3.05, 3.63) is 58.6 Å². The molecule has 0 atom stereocenters. The van der Waals surface area contributed by atoms with Gasteiger partial charge < -0.3 is 5.32 Å². The number of nitrogens with zero attached hydrogens (tertiary/aromatic N) is 1. The van der Waals surface area contributed by atoms with Crippen LogP contribution >= 0.6 is 15.9 Å². The first kappa shape index (κ1) is 19.9. The Kier molecular flexibility index (Phi) is 5.92. The van der Waals surface area contributed by atoms with E-state index >= 15 is 0 Å². The van der Waals surface area contributed by atoms with Crippen molar-refractivity contribution in [2.75, 3.05) is 18.4 Å². The van der Waals surface area contributed by atoms with Crippen molar-refractivity contribution in [1.82, 2.24) is 4.31 Å². The van der Waals surface area contributed by atoms with Crippen molar-refractivity contribution in [2.24, 2.45) is 5.92 Å². The fraction of sp³-hybridized carbons (Fsp3) is 0.278. The molecular formula is C18H17BrF2N2O3S. The Hall–Kier alpha value is -1.84. The number of anilines is 1. The average Bonchev–Trinajstić information content (AvgIpc) is 2.64. The highest BCUT2D eigenvalue weighted by atomic mass is 79.9. The maximum absolute atomic E-state index is 13.9. The van der Waals surface area contributed by atoms with E-state index in [4.69, 9.17) is 0 Å². The van der Waals surface area contributed by atoms with E-state index in [1.54, 1.807) is 6.07 Å². The highest BCUT2D eigenvalue weighted by molar-refractivity contribution is 9.10. The summed E-state index contributed by atoms with van der Waals surface area (Å²) in [5.74, 6) is -1.80. The normalized spacial score (nSPS) is 16.3. The molecule has 1 N–H and O–H groups in total. The standard InChI is InChI=1S/C18H17BrF2N2O3S/c19-13-1-6-17(16(21)11-13)22-18(24)12-7-9-23(10-8-12)27(25,26)15-4-2-14(20)3-5-15/h1-6,11-12H,7-10H2,(H,22,24). The van der Waals surface area contributed by atoms with E-state index in [1.165, 1.54) is 28.6 Å². The van der Waals surface area contributed by atoms with Gasteiger partial charge in [0.2, 0.25) is 15.9 Å². The summed E-state index contributed by atoms with van der Waals surface area (Å²) in [6.07, 6.45) is 0.648. The van der Waals surface area contributed by atoms with Crippen molar-refractivity contribution < 1.29 is 22.0 Å². The Balaban J connectivity index is 1.62. The molecular weight excluding hydrogens is 442 g/mol. The Morgan fingerprint density at radius 1 is 1.07 bits per heavy atom. The Labute approximate surface area is 164 Å². The van der Waals surface area contributed by atoms with Crippen LogP contribution in [0.2, 0.25) is 0 Å². The number of benzene rings is 2. The number of nitrogens with one attached hydrogen (secondary N) is 1. The molecule has 5 nitrogen and oxygen atoms in total. The monoisotopic (exact) mass is 458 g/mol. The molecule has 1 fully saturated rings. The minimum atomic E-state index is -3.73. The Morgan fingerprint density at radius 3 is 2.30 bits per heavy atom. The van der Waals surface area contributed by atoms with Gasteiger partial charge >= 0.3 is 0 Å². The molecule has 3 rings (SSSR count). The predicted molar refractivity (Wildman–Crippen MR) is 101 cm³/mol. The van der Waals surface area contributed by atoms with Crippen molar-refractivity contribution in [1.29, 1.82) is 0 Å². The lowest BCUT2D eigenvalue weighted by molar-refractivity contribution is -0.120. The lowest BCUT2D eigenvalue weighted by atomic mass is 9.97. The Morgan fingerprint density at radius 2 is 1.70 bits per heavy atom. The van der Waals surface area contributed by atoms with Crippen molar-refractivity contribution in [3.8, 4) is 0 Å². The molecule has 1 aliphatic rings. The van der Waals surface area contributed by atoms with E-state index in [0.29, 0.717) is 17.3 Å². The number of piperidine rings is 1. The van der Waals surface area contributed by atoms with Crippen molar-refractivity contribution >= 4 is 37.5 Å². The molecule has 0 saturated carbocycles. The summed E-state index contributed by atoms with van der Waals surface area (Å²) in [6, 6.07) is 8.98. The van der Waals surface area contributed by atoms with Crippen molar-refractivity contribution in [3.63, 3.8) is 0 Å². The van der Waals surface area contributed by atoms with Crippen LogP contribution in [0.5, 0.6) is 0 Å². The second kappa shape index (κ2) is 8.04. The second-order valence-corrected chi connectivity index (χ2v) is 9.10. The zero-order chi connectivity index (χ0) is 19.6. The van der Waals surface area contributed by atoms with E-state index in [-0.39, 0.29) is 29.6 Å². The van der Waals surface area contributed by atoms with Gasteiger partial charge in [0, 0.05) is 23.5 Å². The van der Waals surface area contributed by atoms with Crippen LogP contribution in [0.3, 0.4) is 0 Å². The molecule has 0 aliphatic carbocycles. The van der Waals surface area contributed by atoms with Crippen molar-refractivity contribution in [2.45, 2.75) is 17.7 Å². The molecule has 1 aliphatic heterocycles. The zero-order valence-electron chi connectivity index (χ0n) is 14.2. The molecule has 0 radical (unpaired) electrons. The third-order valence-corrected chi connectivity index (χ3v) is 6.87. The molecule has 2 aromatic rings. The van der Waals surface area contributed by atoms with Gasteiger partial charge in [-0.2, -0.15) is 4.31 Å². The van der Waals surface area contributed by atoms with Crippen LogP contribution in [0.1, 0.15) is 12.8 Å². The van der Waals surface area contributed by atoms with E-state index < -0.39 is 27.6 Å². The molecule has 1 amide bonds. The zero-order valence-corrected chi connectivity index (χ0v) is 16.6. The number of hydrogen-bond acceptors (Lipinski definition) is 3. The maximum atomic E-state index is 13.9. The lowest BCUT2D eigenvalue weighted by Gasteiger charge is -2.30. The number of carbonyl (C=O) groups is 1. The third-order valence-electron chi connectivity index (χ3n) is 4.47. The second-order valence-electron chi connectivity index (χ2n) is 6.25. The summed E-state index contributed by atoms with van der Waals surface area (Å²) in [5, 5.41) is 2.55. The van der Waals surface area contributed by atoms with Crippen LogP contribution in [-0.2, 0) is 14.8 Å². The molecule has 9 heteroatoms. The van der Waals surface area contributed by atoms with Gasteiger partial charge in [-0.25, -0.2) is 17.2 Å². The number of halogens is 3. The van der Waals surface area contributed by atoms with Gasteiger partial charge in [-0.1, -0.05) is 15.9 Å². The first-order valence-corrected chi connectivity index (χ1v) is 10.5. The van der Waals surface area contributed by atoms with Crippen LogP contribution in [0.15, 0.2) is 51.8 Å². The van der Waals surface area contributed by atoms with Gasteiger partial charge in [0.1, 0.15) is 11.6 Å². The first-order valence-electron chi connectivity index (χ1n) is 8.29. The average molecular weight is 459 g/mol.